The molecule has 0 bridgehead atoms. The topological polar surface area (TPSA) is 98.8 Å². The predicted octanol–water partition coefficient (Wildman–Crippen LogP) is 5.81. The molecule has 5 N–H and O–H groups in total. The van der Waals surface area contributed by atoms with Crippen molar-refractivity contribution < 1.29 is 15.0 Å². The molecular weight excluding hydrogens is 462 g/mol. The Morgan fingerprint density at radius 3 is 2.09 bits per heavy atom. The van der Waals surface area contributed by atoms with E-state index in [-0.39, 0.29) is 25.0 Å². The van der Waals surface area contributed by atoms with Crippen LogP contribution in [0.3, 0.4) is 0 Å². The standard InChI is InChI=1S/C15H21ClN2O2.C5H10O.C4H9N.2C2H6/c1-11(20)9-18-7-5-12(6-8-18)17-15-4-2-3-14(16)13(15)10-19;1-3-5(2)4-6;1-3-4(2)5;2*1-2/h2-4,12,17,19H,5-10H2,1H3;3,6H,4H2,1-2H3;3-4H,1,5H2,2H3;2*1-2H3/b;5-3+;;;. The molecule has 0 radical (unpaired) electrons. The normalized spacial score (nSPS) is 14.2. The summed E-state index contributed by atoms with van der Waals surface area (Å²) in [5.41, 5.74) is 7.85. The Morgan fingerprint density at radius 1 is 1.23 bits per heavy atom. The van der Waals surface area contributed by atoms with E-state index in [2.05, 4.69) is 16.8 Å². The number of likely N-dealkylation sites (tertiary alicyclic amines) is 1. The molecule has 2 rings (SSSR count). The first-order valence-corrected chi connectivity index (χ1v) is 13.0. The zero-order valence-corrected chi connectivity index (χ0v) is 24.2. The number of nitrogens with zero attached hydrogens (tertiary/aromatic N) is 1. The van der Waals surface area contributed by atoms with Gasteiger partial charge in [0.2, 0.25) is 0 Å². The number of Topliss-reactive ketones (excluding diaryl/α,β-unsaturated/α-hetero) is 1. The van der Waals surface area contributed by atoms with Crippen molar-refractivity contribution in [3.8, 4) is 0 Å². The van der Waals surface area contributed by atoms with Crippen molar-refractivity contribution in [3.05, 3.63) is 53.1 Å². The molecule has 0 saturated carbocycles. The van der Waals surface area contributed by atoms with Crippen molar-refractivity contribution in [2.75, 3.05) is 31.6 Å². The van der Waals surface area contributed by atoms with Gasteiger partial charge in [-0.3, -0.25) is 9.69 Å². The van der Waals surface area contributed by atoms with E-state index in [1.807, 2.05) is 66.7 Å². The lowest BCUT2D eigenvalue weighted by atomic mass is 10.0. The number of allylic oxidation sites excluding steroid dienone is 1. The molecule has 0 spiro atoms. The average Bonchev–Trinajstić information content (AvgIpc) is 2.87. The highest BCUT2D eigenvalue weighted by Crippen LogP contribution is 2.26. The molecule has 35 heavy (non-hydrogen) atoms. The van der Waals surface area contributed by atoms with Gasteiger partial charge in [0.15, 0.2) is 0 Å². The summed E-state index contributed by atoms with van der Waals surface area (Å²) in [6.07, 6.45) is 5.56. The number of halogens is 1. The lowest BCUT2D eigenvalue weighted by molar-refractivity contribution is -0.118. The molecule has 1 saturated heterocycles. The number of nitrogens with one attached hydrogen (secondary N) is 1. The van der Waals surface area contributed by atoms with Crippen LogP contribution in [0.25, 0.3) is 0 Å². The molecule has 0 amide bonds. The van der Waals surface area contributed by atoms with Crippen molar-refractivity contribution >= 4 is 23.1 Å². The van der Waals surface area contributed by atoms with E-state index >= 15 is 0 Å². The third-order valence-electron chi connectivity index (χ3n) is 4.78. The Labute approximate surface area is 220 Å². The molecule has 1 unspecified atom stereocenters. The summed E-state index contributed by atoms with van der Waals surface area (Å²) in [6.45, 7) is 21.3. The highest BCUT2D eigenvalue weighted by Gasteiger charge is 2.20. The van der Waals surface area contributed by atoms with E-state index < -0.39 is 0 Å². The zero-order valence-electron chi connectivity index (χ0n) is 23.4. The molecule has 1 aliphatic heterocycles. The van der Waals surface area contributed by atoms with E-state index in [0.29, 0.717) is 17.6 Å². The number of aliphatic hydroxyl groups is 2. The Kier molecular flexibility index (Phi) is 27.5. The summed E-state index contributed by atoms with van der Waals surface area (Å²) >= 11 is 6.08. The fraction of sp³-hybridized carbons (Fsp3) is 0.607. The minimum Gasteiger partial charge on any atom is -0.392 e. The van der Waals surface area contributed by atoms with E-state index in [9.17, 15) is 9.90 Å². The second-order valence-electron chi connectivity index (χ2n) is 7.71. The Morgan fingerprint density at radius 2 is 1.74 bits per heavy atom. The molecule has 7 heteroatoms. The Bertz CT molecular complexity index is 686. The van der Waals surface area contributed by atoms with Crippen LogP contribution < -0.4 is 11.1 Å². The summed E-state index contributed by atoms with van der Waals surface area (Å²) in [5, 5.41) is 21.7. The zero-order chi connectivity index (χ0) is 27.8. The number of carbonyl (C=O) groups is 1. The lowest BCUT2D eigenvalue weighted by Gasteiger charge is -2.32. The second kappa shape index (κ2) is 25.4. The van der Waals surface area contributed by atoms with Gasteiger partial charge < -0.3 is 21.3 Å². The van der Waals surface area contributed by atoms with E-state index in [0.717, 1.165) is 42.8 Å². The maximum atomic E-state index is 11.1. The van der Waals surface area contributed by atoms with Gasteiger partial charge in [-0.1, -0.05) is 63.1 Å². The fourth-order valence-corrected chi connectivity index (χ4v) is 2.95. The largest absolute Gasteiger partial charge is 0.392 e. The minimum absolute atomic E-state index is 0.0643. The average molecular weight is 514 g/mol. The van der Waals surface area contributed by atoms with Gasteiger partial charge in [0.05, 0.1) is 19.8 Å². The van der Waals surface area contributed by atoms with Crippen LogP contribution in [0.15, 0.2) is 42.5 Å². The molecule has 0 aliphatic carbocycles. The molecule has 0 aromatic heterocycles. The van der Waals surface area contributed by atoms with Crippen LogP contribution in [0.5, 0.6) is 0 Å². The van der Waals surface area contributed by atoms with Gasteiger partial charge in [0, 0.05) is 41.4 Å². The summed E-state index contributed by atoms with van der Waals surface area (Å²) in [6, 6.07) is 6.12. The second-order valence-corrected chi connectivity index (χ2v) is 8.12. The molecule has 6 nitrogen and oxygen atoms in total. The van der Waals surface area contributed by atoms with Crippen LogP contribution in [0.4, 0.5) is 5.69 Å². The van der Waals surface area contributed by atoms with E-state index in [4.69, 9.17) is 22.4 Å². The summed E-state index contributed by atoms with van der Waals surface area (Å²) < 4.78 is 0. The van der Waals surface area contributed by atoms with Crippen molar-refractivity contribution in [1.82, 2.24) is 4.90 Å². The van der Waals surface area contributed by atoms with Crippen molar-refractivity contribution in [2.24, 2.45) is 5.73 Å². The van der Waals surface area contributed by atoms with Crippen LogP contribution in [-0.2, 0) is 11.4 Å². The molecule has 1 heterocycles. The smallest absolute Gasteiger partial charge is 0.143 e. The van der Waals surface area contributed by atoms with E-state index in [1.54, 1.807) is 19.1 Å². The Balaban J connectivity index is -0.000000565. The molecule has 1 aliphatic rings. The predicted molar refractivity (Wildman–Crippen MR) is 154 cm³/mol. The number of anilines is 1. The third-order valence-corrected chi connectivity index (χ3v) is 5.14. The number of rotatable bonds is 7. The van der Waals surface area contributed by atoms with Gasteiger partial charge in [-0.15, -0.1) is 6.58 Å². The SMILES string of the molecule is C/C=C(\C)CO.C=CC(C)N.CC.CC.CC(=O)CN1CCC(Nc2cccc(Cl)c2CO)CC1. The van der Waals surface area contributed by atoms with Crippen LogP contribution in [-0.4, -0.2) is 59.2 Å². The molecule has 1 aromatic rings. The highest BCUT2D eigenvalue weighted by molar-refractivity contribution is 6.31. The minimum atomic E-state index is -0.0643. The van der Waals surface area contributed by atoms with Crippen LogP contribution >= 0.6 is 11.6 Å². The number of benzene rings is 1. The summed E-state index contributed by atoms with van der Waals surface area (Å²) in [4.78, 5) is 13.3. The molecule has 204 valence electrons. The summed E-state index contributed by atoms with van der Waals surface area (Å²) in [5.74, 6) is 0.216. The van der Waals surface area contributed by atoms with Crippen LogP contribution in [0.1, 0.15) is 73.8 Å². The first-order valence-electron chi connectivity index (χ1n) is 12.7. The highest BCUT2D eigenvalue weighted by atomic mass is 35.5. The maximum absolute atomic E-state index is 11.1. The molecule has 1 fully saturated rings. The van der Waals surface area contributed by atoms with Crippen molar-refractivity contribution in [3.63, 3.8) is 0 Å². The summed E-state index contributed by atoms with van der Waals surface area (Å²) in [7, 11) is 0. The van der Waals surface area contributed by atoms with Gasteiger partial charge in [0.1, 0.15) is 5.78 Å². The first-order chi connectivity index (χ1) is 16.7. The number of nitrogens with two attached hydrogens (primary N) is 1. The van der Waals surface area contributed by atoms with Gasteiger partial charge in [-0.2, -0.15) is 0 Å². The number of hydrogen-bond acceptors (Lipinski definition) is 6. The number of aliphatic hydroxyl groups excluding tert-OH is 2. The number of hydrogen-bond donors (Lipinski definition) is 4. The van der Waals surface area contributed by atoms with Gasteiger partial charge in [-0.05, 0) is 52.7 Å². The van der Waals surface area contributed by atoms with E-state index in [1.165, 1.54) is 0 Å². The lowest BCUT2D eigenvalue weighted by Crippen LogP contribution is -2.41. The van der Waals surface area contributed by atoms with Crippen LogP contribution in [0, 0.1) is 0 Å². The maximum Gasteiger partial charge on any atom is 0.143 e. The Hall–Kier alpha value is -1.70. The monoisotopic (exact) mass is 513 g/mol. The number of carbonyl (C=O) groups excluding carboxylic acids is 1. The molecular formula is C28H52ClN3O3. The van der Waals surface area contributed by atoms with Crippen LogP contribution in [0.2, 0.25) is 5.02 Å². The number of ketones is 1. The first kappa shape index (κ1) is 37.8. The fourth-order valence-electron chi connectivity index (χ4n) is 2.72. The number of piperidine rings is 1. The van der Waals surface area contributed by atoms with Gasteiger partial charge >= 0.3 is 0 Å². The van der Waals surface area contributed by atoms with Crippen molar-refractivity contribution in [2.45, 2.75) is 86.9 Å². The van der Waals surface area contributed by atoms with Gasteiger partial charge in [-0.25, -0.2) is 0 Å². The van der Waals surface area contributed by atoms with Gasteiger partial charge in [0.25, 0.3) is 0 Å². The van der Waals surface area contributed by atoms with Crippen molar-refractivity contribution in [1.29, 1.82) is 0 Å². The molecule has 1 atom stereocenters. The quantitative estimate of drug-likeness (QED) is 0.343. The molecule has 1 aromatic carbocycles. The third kappa shape index (κ3) is 20.2.